The van der Waals surface area contributed by atoms with E-state index in [9.17, 15) is 19.2 Å². The first-order valence-corrected chi connectivity index (χ1v) is 19.0. The molecule has 4 aliphatic rings. The van der Waals surface area contributed by atoms with Gasteiger partial charge in [0.15, 0.2) is 11.5 Å². The van der Waals surface area contributed by atoms with Crippen LogP contribution < -0.4 is 26.2 Å². The number of halogens is 1. The minimum absolute atomic E-state index is 0.0953. The number of carbonyl (C=O) groups is 4. The van der Waals surface area contributed by atoms with Gasteiger partial charge >= 0.3 is 6.03 Å². The first-order valence-electron chi connectivity index (χ1n) is 18.6. The number of nitrogens with two attached hydrogens (primary N) is 1. The Balaban J connectivity index is 0.820. The number of aromatic nitrogens is 5. The number of primary amides is 1. The SMILES string of the molecule is CNc1cc(N2CCc3c(-c4cnc(CN5CC6(CCN(C(=O)c7ccc(Cl)c(N8CCC(=O)NC8=O)c7)CC6)C5)nc4)cccc32)nn2c(C(N)=O)cnc12. The van der Waals surface area contributed by atoms with Gasteiger partial charge in [-0.3, -0.25) is 29.5 Å². The van der Waals surface area contributed by atoms with Crippen LogP contribution in [0.3, 0.4) is 0 Å². The lowest BCUT2D eigenvalue weighted by atomic mass is 9.72. The van der Waals surface area contributed by atoms with Crippen molar-refractivity contribution in [1.82, 2.24) is 39.7 Å². The maximum absolute atomic E-state index is 13.5. The number of imide groups is 1. The van der Waals surface area contributed by atoms with Crippen molar-refractivity contribution in [2.75, 3.05) is 61.4 Å². The number of likely N-dealkylation sites (tertiary alicyclic amines) is 2. The van der Waals surface area contributed by atoms with Crippen molar-refractivity contribution < 1.29 is 19.2 Å². The summed E-state index contributed by atoms with van der Waals surface area (Å²) in [4.78, 5) is 71.3. The van der Waals surface area contributed by atoms with Crippen molar-refractivity contribution >= 4 is 63.9 Å². The zero-order chi connectivity index (χ0) is 38.7. The highest BCUT2D eigenvalue weighted by Gasteiger charge is 2.45. The van der Waals surface area contributed by atoms with Crippen LogP contribution in [-0.2, 0) is 17.8 Å². The van der Waals surface area contributed by atoms with Crippen molar-refractivity contribution in [3.05, 3.63) is 88.7 Å². The molecule has 7 heterocycles. The van der Waals surface area contributed by atoms with E-state index in [4.69, 9.17) is 32.4 Å². The van der Waals surface area contributed by atoms with Gasteiger partial charge in [0.1, 0.15) is 11.5 Å². The Morgan fingerprint density at radius 3 is 2.43 bits per heavy atom. The number of hydrogen-bond acceptors (Lipinski definition) is 11. The summed E-state index contributed by atoms with van der Waals surface area (Å²) in [6, 6.07) is 12.5. The van der Waals surface area contributed by atoms with Gasteiger partial charge in [-0.25, -0.2) is 24.3 Å². The normalized spacial score (nSPS) is 17.9. The number of hydrogen-bond donors (Lipinski definition) is 3. The molecule has 3 saturated heterocycles. The number of anilines is 4. The largest absolute Gasteiger partial charge is 0.385 e. The Morgan fingerprint density at radius 2 is 1.70 bits per heavy atom. The van der Waals surface area contributed by atoms with Crippen LogP contribution in [0.5, 0.6) is 0 Å². The Kier molecular flexibility index (Phi) is 8.81. The van der Waals surface area contributed by atoms with Crippen LogP contribution in [0.1, 0.15) is 51.5 Å². The molecule has 4 N–H and O–H groups in total. The van der Waals surface area contributed by atoms with Gasteiger partial charge in [0.25, 0.3) is 11.8 Å². The minimum atomic E-state index is -0.598. The summed E-state index contributed by atoms with van der Waals surface area (Å²) in [5.41, 5.74) is 12.3. The molecule has 9 rings (SSSR count). The molecule has 2 aromatic carbocycles. The first-order chi connectivity index (χ1) is 27.1. The second-order valence-electron chi connectivity index (χ2n) is 14.9. The summed E-state index contributed by atoms with van der Waals surface area (Å²) in [6.45, 7) is 4.70. The highest BCUT2D eigenvalue weighted by atomic mass is 35.5. The molecule has 0 radical (unpaired) electrons. The molecule has 286 valence electrons. The average molecular weight is 775 g/mol. The summed E-state index contributed by atoms with van der Waals surface area (Å²) in [5, 5.41) is 10.6. The second-order valence-corrected chi connectivity index (χ2v) is 15.3. The van der Waals surface area contributed by atoms with Crippen LogP contribution in [0.15, 0.2) is 61.1 Å². The van der Waals surface area contributed by atoms with E-state index in [0.717, 1.165) is 60.7 Å². The summed E-state index contributed by atoms with van der Waals surface area (Å²) >= 11 is 6.40. The molecule has 0 unspecified atom stereocenters. The second kappa shape index (κ2) is 13.9. The van der Waals surface area contributed by atoms with Crippen molar-refractivity contribution in [2.24, 2.45) is 11.1 Å². The van der Waals surface area contributed by atoms with E-state index in [2.05, 4.69) is 37.6 Å². The summed E-state index contributed by atoms with van der Waals surface area (Å²) < 4.78 is 1.49. The summed E-state index contributed by atoms with van der Waals surface area (Å²) in [7, 11) is 1.80. The molecule has 0 atom stereocenters. The third kappa shape index (κ3) is 6.23. The highest BCUT2D eigenvalue weighted by Crippen LogP contribution is 2.42. The number of nitrogens with one attached hydrogen (secondary N) is 2. The fourth-order valence-corrected chi connectivity index (χ4v) is 8.72. The van der Waals surface area contributed by atoms with E-state index in [0.29, 0.717) is 53.9 Å². The van der Waals surface area contributed by atoms with Gasteiger partial charge in [-0.1, -0.05) is 23.7 Å². The topological polar surface area (TPSA) is 187 Å². The van der Waals surface area contributed by atoms with Crippen molar-refractivity contribution in [3.8, 4) is 11.1 Å². The number of piperidine rings is 1. The lowest BCUT2D eigenvalue weighted by molar-refractivity contribution is -0.120. The Hall–Kier alpha value is -6.13. The van der Waals surface area contributed by atoms with Gasteiger partial charge < -0.3 is 20.9 Å². The molecular formula is C39H39ClN12O4. The molecule has 5 amide bonds. The van der Waals surface area contributed by atoms with E-state index in [1.807, 2.05) is 29.4 Å². The third-order valence-corrected chi connectivity index (χ3v) is 11.7. The number of imidazole rings is 1. The Morgan fingerprint density at radius 1 is 0.929 bits per heavy atom. The maximum atomic E-state index is 13.5. The number of carbonyl (C=O) groups excluding carboxylic acids is 4. The Labute approximate surface area is 326 Å². The molecule has 56 heavy (non-hydrogen) atoms. The summed E-state index contributed by atoms with van der Waals surface area (Å²) in [5.74, 6) is 0.416. The predicted octanol–water partition coefficient (Wildman–Crippen LogP) is 3.86. The van der Waals surface area contributed by atoms with Gasteiger partial charge in [-0.15, -0.1) is 5.10 Å². The van der Waals surface area contributed by atoms with Crippen LogP contribution in [0.25, 0.3) is 16.8 Å². The van der Waals surface area contributed by atoms with E-state index >= 15 is 0 Å². The molecule has 0 aliphatic carbocycles. The number of amides is 5. The molecule has 0 bridgehead atoms. The minimum Gasteiger partial charge on any atom is -0.385 e. The molecular weight excluding hydrogens is 736 g/mol. The monoisotopic (exact) mass is 774 g/mol. The number of benzene rings is 2. The molecule has 16 nitrogen and oxygen atoms in total. The van der Waals surface area contributed by atoms with Crippen LogP contribution in [0.4, 0.5) is 27.7 Å². The average Bonchev–Trinajstić information content (AvgIpc) is 3.83. The van der Waals surface area contributed by atoms with Crippen LogP contribution in [-0.4, -0.2) is 104 Å². The van der Waals surface area contributed by atoms with Crippen molar-refractivity contribution in [2.45, 2.75) is 32.2 Å². The molecule has 3 aromatic heterocycles. The standard InChI is InChI=1S/C39H39ClN12O4/c1-42-28-16-33(47-52-31(35(41)54)19-45-36(28)52)50-11-7-26-25(3-2-4-29(26)50)24-17-43-32(44-18-24)20-48-21-39(22-48)9-13-49(14-10-39)37(55)23-5-6-27(40)30(15-23)51-12-8-34(53)46-38(51)56/h2-6,15-19,42H,7-14,20-22H2,1H3,(H2,41,54)(H,46,53,56). The number of urea groups is 1. The van der Waals surface area contributed by atoms with Crippen LogP contribution in [0, 0.1) is 5.41 Å². The van der Waals surface area contributed by atoms with E-state index in [1.54, 1.807) is 25.2 Å². The smallest absolute Gasteiger partial charge is 0.328 e. The zero-order valence-electron chi connectivity index (χ0n) is 30.7. The number of rotatable bonds is 8. The first kappa shape index (κ1) is 35.6. The van der Waals surface area contributed by atoms with E-state index in [-0.39, 0.29) is 35.9 Å². The van der Waals surface area contributed by atoms with E-state index < -0.39 is 11.9 Å². The number of fused-ring (bicyclic) bond motifs is 2. The van der Waals surface area contributed by atoms with Gasteiger partial charge in [0.05, 0.1) is 29.1 Å². The maximum Gasteiger partial charge on any atom is 0.328 e. The summed E-state index contributed by atoms with van der Waals surface area (Å²) in [6.07, 6.45) is 8.00. The molecule has 1 spiro atoms. The fraction of sp³-hybridized carbons (Fsp3) is 0.333. The third-order valence-electron chi connectivity index (χ3n) is 11.4. The quantitative estimate of drug-likeness (QED) is 0.208. The van der Waals surface area contributed by atoms with E-state index in [1.165, 1.54) is 21.2 Å². The molecule has 5 aromatic rings. The highest BCUT2D eigenvalue weighted by molar-refractivity contribution is 6.34. The molecule has 3 fully saturated rings. The molecule has 4 aliphatic heterocycles. The van der Waals surface area contributed by atoms with Crippen molar-refractivity contribution in [3.63, 3.8) is 0 Å². The van der Waals surface area contributed by atoms with Crippen LogP contribution in [0.2, 0.25) is 5.02 Å². The predicted molar refractivity (Wildman–Crippen MR) is 209 cm³/mol. The van der Waals surface area contributed by atoms with Gasteiger partial charge in [-0.05, 0) is 60.1 Å². The molecule has 0 saturated carbocycles. The van der Waals surface area contributed by atoms with Gasteiger partial charge in [0, 0.05) is 88.0 Å². The molecule has 17 heteroatoms. The van der Waals surface area contributed by atoms with Gasteiger partial charge in [0.2, 0.25) is 5.91 Å². The zero-order valence-corrected chi connectivity index (χ0v) is 31.4. The lowest BCUT2D eigenvalue weighted by Gasteiger charge is -2.54. The number of nitrogens with zero attached hydrogens (tertiary/aromatic N) is 9. The van der Waals surface area contributed by atoms with Crippen molar-refractivity contribution in [1.29, 1.82) is 0 Å². The Bertz CT molecular complexity index is 2420. The van der Waals surface area contributed by atoms with Gasteiger partial charge in [-0.2, -0.15) is 0 Å². The lowest BCUT2D eigenvalue weighted by Crippen LogP contribution is -2.60. The van der Waals surface area contributed by atoms with Crippen LogP contribution >= 0.6 is 11.6 Å². The fourth-order valence-electron chi connectivity index (χ4n) is 8.50.